The monoisotopic (exact) mass is 569 g/mol. The molecule has 3 aliphatic rings. The van der Waals surface area contributed by atoms with E-state index < -0.39 is 23.3 Å². The summed E-state index contributed by atoms with van der Waals surface area (Å²) in [5, 5.41) is 9.57. The van der Waals surface area contributed by atoms with Crippen molar-refractivity contribution in [3.63, 3.8) is 0 Å². The number of piperidine rings is 1. The van der Waals surface area contributed by atoms with Gasteiger partial charge in [-0.15, -0.1) is 0 Å². The van der Waals surface area contributed by atoms with Gasteiger partial charge in [-0.1, -0.05) is 6.07 Å². The molecule has 0 spiro atoms. The number of aliphatic carboxylic acids is 1. The number of hydrogen-bond donors (Lipinski definition) is 1. The van der Waals surface area contributed by atoms with Crippen molar-refractivity contribution in [1.82, 2.24) is 9.88 Å². The number of hydrogen-bond acceptors (Lipinski definition) is 4. The van der Waals surface area contributed by atoms with Gasteiger partial charge in [-0.25, -0.2) is 4.79 Å². The van der Waals surface area contributed by atoms with Crippen LogP contribution in [0.4, 0.5) is 18.9 Å². The Balaban J connectivity index is 1.32. The quantitative estimate of drug-likeness (QED) is 0.492. The molecule has 2 unspecified atom stereocenters. The van der Waals surface area contributed by atoms with Gasteiger partial charge in [0.1, 0.15) is 24.4 Å². The average molecular weight is 570 g/mol. The summed E-state index contributed by atoms with van der Waals surface area (Å²) in [6, 6.07) is 9.64. The van der Waals surface area contributed by atoms with Crippen molar-refractivity contribution in [1.29, 1.82) is 0 Å². The molecule has 1 amide bonds. The molecule has 1 N–H and O–H groups in total. The first kappa shape index (κ1) is 28.9. The lowest BCUT2D eigenvalue weighted by Gasteiger charge is -2.39. The summed E-state index contributed by atoms with van der Waals surface area (Å²) in [6.07, 6.45) is 0.528. The second-order valence-electron chi connectivity index (χ2n) is 11.7. The van der Waals surface area contributed by atoms with E-state index in [1.807, 2.05) is 44.0 Å². The number of anilines is 1. The van der Waals surface area contributed by atoms with Gasteiger partial charge in [-0.3, -0.25) is 14.3 Å². The fourth-order valence-electron chi connectivity index (χ4n) is 6.67. The number of carboxylic acids is 1. The molecule has 1 saturated heterocycles. The Hall–Kier alpha value is -3.66. The molecule has 0 saturated carbocycles. The number of nitrogens with zero attached hydrogens (tertiary/aromatic N) is 4. The Labute approximate surface area is 238 Å². The number of halogens is 3. The number of fused-ring (bicyclic) bond motifs is 1. The first-order valence-electron chi connectivity index (χ1n) is 14.0. The number of alkyl halides is 3. The van der Waals surface area contributed by atoms with Gasteiger partial charge in [-0.2, -0.15) is 13.2 Å². The predicted molar refractivity (Wildman–Crippen MR) is 149 cm³/mol. The van der Waals surface area contributed by atoms with Crippen LogP contribution < -0.4 is 4.90 Å². The van der Waals surface area contributed by atoms with Crippen LogP contribution in [0.3, 0.4) is 0 Å². The van der Waals surface area contributed by atoms with E-state index in [0.29, 0.717) is 12.0 Å². The molecule has 0 radical (unpaired) electrons. The van der Waals surface area contributed by atoms with E-state index in [1.54, 1.807) is 7.05 Å². The van der Waals surface area contributed by atoms with Crippen LogP contribution in [0.1, 0.15) is 58.2 Å². The van der Waals surface area contributed by atoms with Gasteiger partial charge < -0.3 is 14.9 Å². The topological polar surface area (TPSA) is 73.7 Å². The van der Waals surface area contributed by atoms with Crippen LogP contribution in [0.25, 0.3) is 0 Å². The zero-order chi connectivity index (χ0) is 29.7. The van der Waals surface area contributed by atoms with Crippen LogP contribution in [0, 0.1) is 13.8 Å². The molecule has 41 heavy (non-hydrogen) atoms. The zero-order valence-corrected chi connectivity index (χ0v) is 23.8. The lowest BCUT2D eigenvalue weighted by atomic mass is 9.96. The van der Waals surface area contributed by atoms with Gasteiger partial charge in [0, 0.05) is 60.8 Å². The van der Waals surface area contributed by atoms with Crippen molar-refractivity contribution in [2.75, 3.05) is 38.6 Å². The van der Waals surface area contributed by atoms with Gasteiger partial charge in [0.25, 0.3) is 5.91 Å². The lowest BCUT2D eigenvalue weighted by molar-refractivity contribution is -0.886. The molecule has 2 aromatic rings. The number of carboxylic acid groups (broad SMARTS) is 1. The van der Waals surface area contributed by atoms with Crippen LogP contribution in [-0.2, 0) is 11.2 Å². The molecule has 218 valence electrons. The minimum absolute atomic E-state index is 0.00805. The number of likely N-dealkylation sites (N-methyl/N-ethyl adjacent to an activating group) is 1. The summed E-state index contributed by atoms with van der Waals surface area (Å²) in [6.45, 7) is 5.66. The summed E-state index contributed by atoms with van der Waals surface area (Å²) >= 11 is 0. The molecular weight excluding hydrogens is 533 g/mol. The van der Waals surface area contributed by atoms with Crippen LogP contribution in [0.15, 0.2) is 53.8 Å². The van der Waals surface area contributed by atoms with E-state index in [1.165, 1.54) is 6.20 Å². The summed E-state index contributed by atoms with van der Waals surface area (Å²) in [4.78, 5) is 34.0. The minimum atomic E-state index is -4.74. The van der Waals surface area contributed by atoms with Crippen molar-refractivity contribution in [2.45, 2.75) is 57.8 Å². The summed E-state index contributed by atoms with van der Waals surface area (Å²) in [5.74, 6) is -1.68. The van der Waals surface area contributed by atoms with Gasteiger partial charge in [0.15, 0.2) is 0 Å². The highest BCUT2D eigenvalue weighted by Gasteiger charge is 2.46. The fourth-order valence-corrected chi connectivity index (χ4v) is 6.67. The highest BCUT2D eigenvalue weighted by atomic mass is 19.4. The molecule has 5 rings (SSSR count). The standard InChI is InChI=1S/C31H35F3N4O3/c1-19-15-24(16-20(2)35-19)37-12-9-23(10-13-37)36(3)29(39)22-6-5-21-7-8-28(25(21)17-22)38(4)14-11-27(31(32,33)34)26(18-38)30(40)41/h5-6,11,15-18,23,28H,7-10,12-14H2,1-4H3/p+1. The third-order valence-corrected chi connectivity index (χ3v) is 8.85. The zero-order valence-electron chi connectivity index (χ0n) is 23.8. The average Bonchev–Trinajstić information content (AvgIpc) is 3.35. The largest absolute Gasteiger partial charge is 0.477 e. The van der Waals surface area contributed by atoms with Crippen molar-refractivity contribution in [2.24, 2.45) is 0 Å². The molecule has 10 heteroatoms. The maximum Gasteiger partial charge on any atom is 0.417 e. The van der Waals surface area contributed by atoms with Crippen molar-refractivity contribution in [3.05, 3.63) is 81.8 Å². The smallest absolute Gasteiger partial charge is 0.417 e. The second kappa shape index (κ2) is 10.6. The predicted octanol–water partition coefficient (Wildman–Crippen LogP) is 5.34. The number of aromatic nitrogens is 1. The molecule has 2 atom stereocenters. The maximum atomic E-state index is 13.6. The molecule has 1 aliphatic carbocycles. The molecule has 1 aromatic heterocycles. The van der Waals surface area contributed by atoms with E-state index in [-0.39, 0.29) is 29.0 Å². The SMILES string of the molecule is Cc1cc(N2CCC(N(C)C(=O)c3ccc4c(c3)C([N+]3(C)C=C(C(=O)O)C(C(F)(F)F)=CC3)CC4)CC2)cc(C)n1. The minimum Gasteiger partial charge on any atom is -0.477 e. The van der Waals surface area contributed by atoms with E-state index in [9.17, 15) is 27.9 Å². The summed E-state index contributed by atoms with van der Waals surface area (Å²) < 4.78 is 40.5. The van der Waals surface area contributed by atoms with Gasteiger partial charge >= 0.3 is 12.1 Å². The number of rotatable bonds is 5. The van der Waals surface area contributed by atoms with Crippen molar-refractivity contribution >= 4 is 17.6 Å². The number of carbonyl (C=O) groups is 2. The number of quaternary nitrogens is 1. The second-order valence-corrected chi connectivity index (χ2v) is 11.7. The van der Waals surface area contributed by atoms with Crippen LogP contribution >= 0.6 is 0 Å². The normalized spacial score (nSPS) is 23.1. The molecule has 0 bridgehead atoms. The van der Waals surface area contributed by atoms with Crippen LogP contribution in [0.2, 0.25) is 0 Å². The Morgan fingerprint density at radius 3 is 2.34 bits per heavy atom. The van der Waals surface area contributed by atoms with Crippen LogP contribution in [0.5, 0.6) is 0 Å². The van der Waals surface area contributed by atoms with E-state index >= 15 is 0 Å². The Bertz CT molecular complexity index is 1420. The lowest BCUT2D eigenvalue weighted by Crippen LogP contribution is -2.46. The molecule has 7 nitrogen and oxygen atoms in total. The number of carbonyl (C=O) groups excluding carboxylic acids is 1. The summed E-state index contributed by atoms with van der Waals surface area (Å²) in [5.41, 5.74) is 3.76. The first-order chi connectivity index (χ1) is 19.3. The van der Waals surface area contributed by atoms with Crippen LogP contribution in [-0.4, -0.2) is 77.3 Å². The third-order valence-electron chi connectivity index (χ3n) is 8.85. The Morgan fingerprint density at radius 2 is 1.73 bits per heavy atom. The fraction of sp³-hybridized carbons (Fsp3) is 0.452. The number of pyridine rings is 1. The highest BCUT2D eigenvalue weighted by molar-refractivity contribution is 5.94. The molecule has 3 heterocycles. The maximum absolute atomic E-state index is 13.6. The molecule has 1 aromatic carbocycles. The Kier molecular flexibility index (Phi) is 7.48. The van der Waals surface area contributed by atoms with E-state index in [2.05, 4.69) is 22.0 Å². The molecular formula is C31H36F3N4O3+. The third kappa shape index (κ3) is 5.62. The van der Waals surface area contributed by atoms with Crippen molar-refractivity contribution < 1.29 is 32.3 Å². The van der Waals surface area contributed by atoms with E-state index in [4.69, 9.17) is 0 Å². The van der Waals surface area contributed by atoms with E-state index in [0.717, 1.165) is 66.6 Å². The van der Waals surface area contributed by atoms with Crippen molar-refractivity contribution in [3.8, 4) is 0 Å². The number of amides is 1. The first-order valence-corrected chi connectivity index (χ1v) is 14.0. The molecule has 2 aliphatic heterocycles. The Morgan fingerprint density at radius 1 is 1.07 bits per heavy atom. The van der Waals surface area contributed by atoms with Gasteiger partial charge in [-0.05, 0) is 69.0 Å². The molecule has 1 fully saturated rings. The van der Waals surface area contributed by atoms with Gasteiger partial charge in [0.2, 0.25) is 0 Å². The number of benzene rings is 1. The number of aryl methyl sites for hydroxylation is 3. The highest BCUT2D eigenvalue weighted by Crippen LogP contribution is 2.44. The van der Waals surface area contributed by atoms with Gasteiger partial charge in [0.05, 0.1) is 12.6 Å². The summed E-state index contributed by atoms with van der Waals surface area (Å²) in [7, 11) is 3.59.